The third kappa shape index (κ3) is 2.39. The summed E-state index contributed by atoms with van der Waals surface area (Å²) >= 11 is 0. The lowest BCUT2D eigenvalue weighted by Crippen LogP contribution is -2.27. The molecule has 0 radical (unpaired) electrons. The van der Waals surface area contributed by atoms with Gasteiger partial charge in [-0.05, 0) is 25.8 Å². The van der Waals surface area contributed by atoms with Crippen molar-refractivity contribution < 1.29 is 13.3 Å². The molecule has 2 atom stereocenters. The van der Waals surface area contributed by atoms with E-state index in [0.29, 0.717) is 18.1 Å². The fraction of sp³-hybridized carbons (Fsp3) is 0.833. The van der Waals surface area contributed by atoms with E-state index >= 15 is 0 Å². The summed E-state index contributed by atoms with van der Waals surface area (Å²) in [6.07, 6.45) is 3.50. The fourth-order valence-electron chi connectivity index (χ4n) is 2.79. The van der Waals surface area contributed by atoms with Gasteiger partial charge in [-0.1, -0.05) is 11.6 Å². The van der Waals surface area contributed by atoms with Crippen molar-refractivity contribution in [2.75, 3.05) is 6.54 Å². The first-order valence-electron chi connectivity index (χ1n) is 6.59. The molecule has 2 aliphatic rings. The molecule has 2 fully saturated rings. The van der Waals surface area contributed by atoms with Gasteiger partial charge in [-0.3, -0.25) is 0 Å². The number of hydrogen-bond acceptors (Lipinski definition) is 4. The number of rotatable bonds is 2. The van der Waals surface area contributed by atoms with Crippen LogP contribution in [0.5, 0.6) is 0 Å². The summed E-state index contributed by atoms with van der Waals surface area (Å²) < 4.78 is 31.5. The van der Waals surface area contributed by atoms with Crippen molar-refractivity contribution in [2.45, 2.75) is 56.4 Å². The van der Waals surface area contributed by atoms with Crippen LogP contribution in [0.4, 0.5) is 8.78 Å². The standard InChI is InChI=1S/C12H17F2N3O/c13-12(14)5-4-8(7-12)10-16-11(18-17-10)9-3-1-2-6-15-9/h8-9,15H,1-7H2. The predicted molar refractivity (Wildman–Crippen MR) is 60.4 cm³/mol. The van der Waals surface area contributed by atoms with Crippen LogP contribution in [0, 0.1) is 0 Å². The molecule has 1 aromatic heterocycles. The molecule has 0 amide bonds. The van der Waals surface area contributed by atoms with Crippen molar-refractivity contribution in [1.29, 1.82) is 0 Å². The summed E-state index contributed by atoms with van der Waals surface area (Å²) in [5.74, 6) is -1.80. The van der Waals surface area contributed by atoms with Gasteiger partial charge in [0.25, 0.3) is 0 Å². The van der Waals surface area contributed by atoms with E-state index in [-0.39, 0.29) is 24.8 Å². The van der Waals surface area contributed by atoms with Crippen molar-refractivity contribution >= 4 is 0 Å². The molecule has 3 rings (SSSR count). The van der Waals surface area contributed by atoms with E-state index in [2.05, 4.69) is 15.5 Å². The van der Waals surface area contributed by atoms with Crippen LogP contribution in [0.3, 0.4) is 0 Å². The first-order valence-corrected chi connectivity index (χ1v) is 6.59. The van der Waals surface area contributed by atoms with Gasteiger partial charge in [0, 0.05) is 18.8 Å². The van der Waals surface area contributed by atoms with Crippen LogP contribution in [0.2, 0.25) is 0 Å². The molecule has 4 nitrogen and oxygen atoms in total. The van der Waals surface area contributed by atoms with E-state index in [1.807, 2.05) is 0 Å². The second-order valence-corrected chi connectivity index (χ2v) is 5.29. The van der Waals surface area contributed by atoms with E-state index in [1.165, 1.54) is 0 Å². The van der Waals surface area contributed by atoms with Gasteiger partial charge in [0.2, 0.25) is 11.8 Å². The van der Waals surface area contributed by atoms with Crippen LogP contribution in [0.15, 0.2) is 4.52 Å². The largest absolute Gasteiger partial charge is 0.338 e. The molecule has 1 aliphatic heterocycles. The molecule has 0 bridgehead atoms. The Morgan fingerprint density at radius 2 is 2.17 bits per heavy atom. The highest BCUT2D eigenvalue weighted by atomic mass is 19.3. The molecule has 1 saturated carbocycles. The molecule has 1 N–H and O–H groups in total. The Labute approximate surface area is 104 Å². The van der Waals surface area contributed by atoms with Crippen molar-refractivity contribution in [3.05, 3.63) is 11.7 Å². The molecule has 1 saturated heterocycles. The normalized spacial score (nSPS) is 31.7. The number of piperidine rings is 1. The highest BCUT2D eigenvalue weighted by Crippen LogP contribution is 2.43. The monoisotopic (exact) mass is 257 g/mol. The smallest absolute Gasteiger partial charge is 0.248 e. The highest BCUT2D eigenvalue weighted by molar-refractivity contribution is 5.03. The first kappa shape index (κ1) is 12.0. The summed E-state index contributed by atoms with van der Waals surface area (Å²) in [5, 5.41) is 7.19. The Kier molecular flexibility index (Phi) is 3.05. The van der Waals surface area contributed by atoms with Gasteiger partial charge in [0.15, 0.2) is 5.82 Å². The molecule has 6 heteroatoms. The molecule has 2 unspecified atom stereocenters. The van der Waals surface area contributed by atoms with Crippen molar-refractivity contribution in [3.8, 4) is 0 Å². The Balaban J connectivity index is 1.69. The van der Waals surface area contributed by atoms with Crippen LogP contribution in [-0.4, -0.2) is 22.6 Å². The summed E-state index contributed by atoms with van der Waals surface area (Å²) in [4.78, 5) is 4.31. The average Bonchev–Trinajstić information content (AvgIpc) is 2.96. The minimum Gasteiger partial charge on any atom is -0.338 e. The summed E-state index contributed by atoms with van der Waals surface area (Å²) in [6, 6.07) is 0.0990. The maximum Gasteiger partial charge on any atom is 0.248 e. The SMILES string of the molecule is FC1(F)CCC(c2noc(C3CCCCN3)n2)C1. The van der Waals surface area contributed by atoms with Crippen molar-refractivity contribution in [3.63, 3.8) is 0 Å². The highest BCUT2D eigenvalue weighted by Gasteiger charge is 2.42. The lowest BCUT2D eigenvalue weighted by molar-refractivity contribution is 0.00750. The van der Waals surface area contributed by atoms with E-state index < -0.39 is 5.92 Å². The van der Waals surface area contributed by atoms with Crippen molar-refractivity contribution in [1.82, 2.24) is 15.5 Å². The Bertz CT molecular complexity index is 415. The van der Waals surface area contributed by atoms with E-state index in [0.717, 1.165) is 25.8 Å². The Morgan fingerprint density at radius 3 is 2.83 bits per heavy atom. The van der Waals surface area contributed by atoms with Gasteiger partial charge < -0.3 is 9.84 Å². The second-order valence-electron chi connectivity index (χ2n) is 5.29. The first-order chi connectivity index (χ1) is 8.64. The second kappa shape index (κ2) is 4.57. The van der Waals surface area contributed by atoms with Crippen LogP contribution in [0.1, 0.15) is 62.2 Å². The number of hydrogen-bond donors (Lipinski definition) is 1. The topological polar surface area (TPSA) is 51.0 Å². The third-order valence-corrected chi connectivity index (χ3v) is 3.83. The predicted octanol–water partition coefficient (Wildman–Crippen LogP) is 2.79. The summed E-state index contributed by atoms with van der Waals surface area (Å²) in [6.45, 7) is 0.948. The number of aromatic nitrogens is 2. The molecule has 1 aromatic rings. The third-order valence-electron chi connectivity index (χ3n) is 3.83. The Hall–Kier alpha value is -1.04. The minimum absolute atomic E-state index is 0.0663. The minimum atomic E-state index is -2.56. The zero-order chi connectivity index (χ0) is 12.6. The van der Waals surface area contributed by atoms with Gasteiger partial charge in [-0.15, -0.1) is 0 Å². The lowest BCUT2D eigenvalue weighted by Gasteiger charge is -2.19. The average molecular weight is 257 g/mol. The van der Waals surface area contributed by atoms with E-state index in [1.54, 1.807) is 0 Å². The Morgan fingerprint density at radius 1 is 1.28 bits per heavy atom. The number of halogens is 2. The van der Waals surface area contributed by atoms with Crippen LogP contribution in [0.25, 0.3) is 0 Å². The quantitative estimate of drug-likeness (QED) is 0.885. The van der Waals surface area contributed by atoms with E-state index in [4.69, 9.17) is 4.52 Å². The van der Waals surface area contributed by atoms with Gasteiger partial charge >= 0.3 is 0 Å². The van der Waals surface area contributed by atoms with Crippen LogP contribution >= 0.6 is 0 Å². The number of nitrogens with zero attached hydrogens (tertiary/aromatic N) is 2. The number of nitrogens with one attached hydrogen (secondary N) is 1. The molecule has 18 heavy (non-hydrogen) atoms. The molecule has 100 valence electrons. The molecule has 0 spiro atoms. The maximum absolute atomic E-state index is 13.1. The molecule has 2 heterocycles. The zero-order valence-electron chi connectivity index (χ0n) is 10.2. The lowest BCUT2D eigenvalue weighted by atomic mass is 10.0. The molecule has 1 aliphatic carbocycles. The fourth-order valence-corrected chi connectivity index (χ4v) is 2.79. The maximum atomic E-state index is 13.1. The van der Waals surface area contributed by atoms with E-state index in [9.17, 15) is 8.78 Å². The van der Waals surface area contributed by atoms with Crippen LogP contribution < -0.4 is 5.32 Å². The van der Waals surface area contributed by atoms with Gasteiger partial charge in [0.1, 0.15) is 0 Å². The summed E-state index contributed by atoms with van der Waals surface area (Å²) in [5.41, 5.74) is 0. The molecular weight excluding hydrogens is 240 g/mol. The molecular formula is C12H17F2N3O. The van der Waals surface area contributed by atoms with Crippen molar-refractivity contribution in [2.24, 2.45) is 0 Å². The van der Waals surface area contributed by atoms with Gasteiger partial charge in [0.05, 0.1) is 6.04 Å². The zero-order valence-corrected chi connectivity index (χ0v) is 10.2. The summed E-state index contributed by atoms with van der Waals surface area (Å²) in [7, 11) is 0. The number of alkyl halides is 2. The van der Waals surface area contributed by atoms with Gasteiger partial charge in [-0.2, -0.15) is 4.98 Å². The molecule has 0 aromatic carbocycles. The van der Waals surface area contributed by atoms with Crippen LogP contribution in [-0.2, 0) is 0 Å². The van der Waals surface area contributed by atoms with Gasteiger partial charge in [-0.25, -0.2) is 8.78 Å².